The molecule has 3 rings (SSSR count). The van der Waals surface area contributed by atoms with Gasteiger partial charge in [0.05, 0.1) is 10.4 Å². The van der Waals surface area contributed by atoms with Crippen molar-refractivity contribution in [3.63, 3.8) is 0 Å². The standard InChI is InChI=1S/C14H14ClNO4S/c15-9-5-8(3-4-11(9)17)12(18)16-10(14(19)20)6-21-13(16)7-1-2-7/h3-5,7,10,13,17H,1-2,6H2,(H,19,20). The molecule has 1 aromatic carbocycles. The van der Waals surface area contributed by atoms with Gasteiger partial charge in [-0.05, 0) is 37.0 Å². The van der Waals surface area contributed by atoms with Crippen molar-refractivity contribution in [1.82, 2.24) is 4.90 Å². The van der Waals surface area contributed by atoms with E-state index in [2.05, 4.69) is 0 Å². The largest absolute Gasteiger partial charge is 0.506 e. The van der Waals surface area contributed by atoms with E-state index in [9.17, 15) is 19.8 Å². The summed E-state index contributed by atoms with van der Waals surface area (Å²) in [7, 11) is 0. The third-order valence-electron chi connectivity index (χ3n) is 3.77. The number of amides is 1. The van der Waals surface area contributed by atoms with Crippen molar-refractivity contribution in [2.24, 2.45) is 5.92 Å². The van der Waals surface area contributed by atoms with Crippen LogP contribution in [0.1, 0.15) is 23.2 Å². The van der Waals surface area contributed by atoms with E-state index in [-0.39, 0.29) is 22.1 Å². The Morgan fingerprint density at radius 3 is 2.62 bits per heavy atom. The summed E-state index contributed by atoms with van der Waals surface area (Å²) in [4.78, 5) is 25.5. The highest BCUT2D eigenvalue weighted by molar-refractivity contribution is 8.00. The van der Waals surface area contributed by atoms with Gasteiger partial charge >= 0.3 is 5.97 Å². The molecule has 1 aromatic rings. The fraction of sp³-hybridized carbons (Fsp3) is 0.429. The van der Waals surface area contributed by atoms with Crippen LogP contribution in [0.25, 0.3) is 0 Å². The monoisotopic (exact) mass is 327 g/mol. The third-order valence-corrected chi connectivity index (χ3v) is 5.54. The molecular weight excluding hydrogens is 314 g/mol. The van der Waals surface area contributed by atoms with Gasteiger partial charge in [0.15, 0.2) is 0 Å². The minimum absolute atomic E-state index is 0.0776. The molecular formula is C14H14ClNO4S. The van der Waals surface area contributed by atoms with Gasteiger partial charge in [0.25, 0.3) is 5.91 Å². The molecule has 2 aliphatic rings. The van der Waals surface area contributed by atoms with Crippen molar-refractivity contribution in [3.8, 4) is 5.75 Å². The lowest BCUT2D eigenvalue weighted by Gasteiger charge is -2.27. The molecule has 0 spiro atoms. The van der Waals surface area contributed by atoms with E-state index in [4.69, 9.17) is 11.6 Å². The maximum absolute atomic E-state index is 12.7. The Bertz CT molecular complexity index is 605. The van der Waals surface area contributed by atoms with Crippen LogP contribution in [0, 0.1) is 5.92 Å². The van der Waals surface area contributed by atoms with Crippen LogP contribution in [-0.2, 0) is 4.79 Å². The number of hydrogen-bond acceptors (Lipinski definition) is 4. The van der Waals surface area contributed by atoms with Crippen LogP contribution in [0.5, 0.6) is 5.75 Å². The molecule has 1 saturated carbocycles. The normalized spacial score (nSPS) is 25.1. The molecule has 1 heterocycles. The minimum atomic E-state index is -0.983. The molecule has 0 aromatic heterocycles. The molecule has 2 N–H and O–H groups in total. The van der Waals surface area contributed by atoms with Gasteiger partial charge in [-0.2, -0.15) is 0 Å². The van der Waals surface area contributed by atoms with Gasteiger partial charge < -0.3 is 15.1 Å². The summed E-state index contributed by atoms with van der Waals surface area (Å²) in [5, 5.41) is 18.8. The van der Waals surface area contributed by atoms with Crippen LogP contribution >= 0.6 is 23.4 Å². The van der Waals surface area contributed by atoms with E-state index in [1.807, 2.05) is 0 Å². The molecule has 0 bridgehead atoms. The topological polar surface area (TPSA) is 77.8 Å². The summed E-state index contributed by atoms with van der Waals surface area (Å²) in [6.45, 7) is 0. The van der Waals surface area contributed by atoms with E-state index >= 15 is 0 Å². The highest BCUT2D eigenvalue weighted by atomic mass is 35.5. The lowest BCUT2D eigenvalue weighted by atomic mass is 10.1. The zero-order valence-electron chi connectivity index (χ0n) is 11.0. The Morgan fingerprint density at radius 2 is 2.05 bits per heavy atom. The number of rotatable bonds is 3. The molecule has 5 nitrogen and oxygen atoms in total. The van der Waals surface area contributed by atoms with Crippen molar-refractivity contribution in [2.45, 2.75) is 24.3 Å². The minimum Gasteiger partial charge on any atom is -0.506 e. The quantitative estimate of drug-likeness (QED) is 0.891. The van der Waals surface area contributed by atoms with Gasteiger partial charge in [-0.3, -0.25) is 4.79 Å². The van der Waals surface area contributed by atoms with Crippen LogP contribution in [0.3, 0.4) is 0 Å². The predicted octanol–water partition coefficient (Wildman–Crippen LogP) is 2.42. The number of nitrogens with zero attached hydrogens (tertiary/aromatic N) is 1. The highest BCUT2D eigenvalue weighted by Crippen LogP contribution is 2.46. The second kappa shape index (κ2) is 5.42. The first-order chi connectivity index (χ1) is 9.99. The van der Waals surface area contributed by atoms with E-state index in [1.54, 1.807) is 0 Å². The Balaban J connectivity index is 1.91. The number of aromatic hydroxyl groups is 1. The lowest BCUT2D eigenvalue weighted by Crippen LogP contribution is -2.46. The van der Waals surface area contributed by atoms with E-state index in [0.717, 1.165) is 12.8 Å². The summed E-state index contributed by atoms with van der Waals surface area (Å²) < 4.78 is 0. The summed E-state index contributed by atoms with van der Waals surface area (Å²) in [6, 6.07) is 3.39. The number of carboxylic acids is 1. The Labute approximate surface area is 130 Å². The maximum Gasteiger partial charge on any atom is 0.327 e. The maximum atomic E-state index is 12.7. The molecule has 1 saturated heterocycles. The fourth-order valence-electron chi connectivity index (χ4n) is 2.51. The lowest BCUT2D eigenvalue weighted by molar-refractivity contribution is -0.141. The van der Waals surface area contributed by atoms with Crippen molar-refractivity contribution in [3.05, 3.63) is 28.8 Å². The van der Waals surface area contributed by atoms with Gasteiger partial charge in [0, 0.05) is 11.3 Å². The van der Waals surface area contributed by atoms with Gasteiger partial charge in [-0.1, -0.05) is 11.6 Å². The molecule has 1 aliphatic heterocycles. The Hall–Kier alpha value is -1.40. The molecule has 1 aliphatic carbocycles. The zero-order chi connectivity index (χ0) is 15.1. The van der Waals surface area contributed by atoms with Crippen LogP contribution < -0.4 is 0 Å². The smallest absolute Gasteiger partial charge is 0.327 e. The van der Waals surface area contributed by atoms with Crippen LogP contribution in [0.15, 0.2) is 18.2 Å². The van der Waals surface area contributed by atoms with E-state index in [1.165, 1.54) is 34.9 Å². The number of carboxylic acid groups (broad SMARTS) is 1. The summed E-state index contributed by atoms with van der Waals surface area (Å²) in [5.41, 5.74) is 0.303. The molecule has 2 fully saturated rings. The number of benzene rings is 1. The van der Waals surface area contributed by atoms with Crippen molar-refractivity contribution < 1.29 is 19.8 Å². The third kappa shape index (κ3) is 2.70. The van der Waals surface area contributed by atoms with Gasteiger partial charge in [-0.15, -0.1) is 11.8 Å². The number of thioether (sulfide) groups is 1. The molecule has 112 valence electrons. The Kier molecular flexibility index (Phi) is 3.75. The van der Waals surface area contributed by atoms with Crippen molar-refractivity contribution in [2.75, 3.05) is 5.75 Å². The van der Waals surface area contributed by atoms with Gasteiger partial charge in [0.1, 0.15) is 11.8 Å². The molecule has 0 radical (unpaired) electrons. The van der Waals surface area contributed by atoms with Gasteiger partial charge in [0.2, 0.25) is 0 Å². The summed E-state index contributed by atoms with van der Waals surface area (Å²) >= 11 is 7.36. The highest BCUT2D eigenvalue weighted by Gasteiger charge is 2.48. The first kappa shape index (κ1) is 14.5. The van der Waals surface area contributed by atoms with Crippen molar-refractivity contribution in [1.29, 1.82) is 0 Å². The Morgan fingerprint density at radius 1 is 1.33 bits per heavy atom. The molecule has 2 atom stereocenters. The second-order valence-corrected chi connectivity index (χ2v) is 6.85. The second-order valence-electron chi connectivity index (χ2n) is 5.29. The summed E-state index contributed by atoms with van der Waals surface area (Å²) in [6.07, 6.45) is 2.06. The van der Waals surface area contributed by atoms with Crippen LogP contribution in [0.4, 0.5) is 0 Å². The SMILES string of the molecule is O=C(O)C1CSC(C2CC2)N1C(=O)c1ccc(O)c(Cl)c1. The molecule has 2 unspecified atom stereocenters. The number of phenolic OH excluding ortho intramolecular Hbond substituents is 1. The summed E-state index contributed by atoms with van der Waals surface area (Å²) in [5.74, 6) is -0.628. The van der Waals surface area contributed by atoms with Crippen LogP contribution in [0.2, 0.25) is 5.02 Å². The van der Waals surface area contributed by atoms with E-state index in [0.29, 0.717) is 17.2 Å². The average molecular weight is 328 g/mol. The number of carbonyl (C=O) groups is 2. The predicted molar refractivity (Wildman–Crippen MR) is 79.7 cm³/mol. The molecule has 21 heavy (non-hydrogen) atoms. The number of aliphatic carboxylic acids is 1. The first-order valence-electron chi connectivity index (χ1n) is 6.64. The molecule has 7 heteroatoms. The van der Waals surface area contributed by atoms with Crippen LogP contribution in [-0.4, -0.2) is 44.2 Å². The number of phenols is 1. The van der Waals surface area contributed by atoms with Gasteiger partial charge in [-0.25, -0.2) is 4.79 Å². The molecule has 1 amide bonds. The van der Waals surface area contributed by atoms with E-state index < -0.39 is 12.0 Å². The average Bonchev–Trinajstić information content (AvgIpc) is 3.19. The van der Waals surface area contributed by atoms with Crippen molar-refractivity contribution >= 4 is 35.2 Å². The number of halogens is 1. The number of hydrogen-bond donors (Lipinski definition) is 2. The first-order valence-corrected chi connectivity index (χ1v) is 8.07. The number of carbonyl (C=O) groups excluding carboxylic acids is 1. The fourth-order valence-corrected chi connectivity index (χ4v) is 4.32. The zero-order valence-corrected chi connectivity index (χ0v) is 12.6.